The van der Waals surface area contributed by atoms with Crippen LogP contribution in [0.25, 0.3) is 11.0 Å². The zero-order valence-corrected chi connectivity index (χ0v) is 18.9. The summed E-state index contributed by atoms with van der Waals surface area (Å²) in [5.74, 6) is 2.44. The van der Waals surface area contributed by atoms with Crippen molar-refractivity contribution < 1.29 is 14.3 Å². The van der Waals surface area contributed by atoms with Crippen molar-refractivity contribution in [2.45, 2.75) is 26.3 Å². The molecule has 170 valence electrons. The molecule has 6 heteroatoms. The highest BCUT2D eigenvalue weighted by molar-refractivity contribution is 5.94. The Balaban J connectivity index is 1.38. The molecule has 0 aliphatic carbocycles. The summed E-state index contributed by atoms with van der Waals surface area (Å²) in [6.45, 7) is 4.32. The monoisotopic (exact) mass is 443 g/mol. The summed E-state index contributed by atoms with van der Waals surface area (Å²) in [6, 6.07) is 25.1. The fraction of sp³-hybridized carbons (Fsp3) is 0.259. The lowest BCUT2D eigenvalue weighted by molar-refractivity contribution is 0.0953. The van der Waals surface area contributed by atoms with E-state index in [1.54, 1.807) is 0 Å². The molecule has 0 fully saturated rings. The third-order valence-electron chi connectivity index (χ3n) is 5.35. The number of rotatable bonds is 11. The van der Waals surface area contributed by atoms with E-state index in [0.717, 1.165) is 41.2 Å². The average Bonchev–Trinajstić information content (AvgIpc) is 3.21. The fourth-order valence-corrected chi connectivity index (χ4v) is 3.80. The first-order valence-electron chi connectivity index (χ1n) is 11.4. The zero-order valence-electron chi connectivity index (χ0n) is 18.9. The first-order valence-corrected chi connectivity index (χ1v) is 11.4. The minimum atomic E-state index is -0.0505. The quantitative estimate of drug-likeness (QED) is 0.336. The highest BCUT2D eigenvalue weighted by Gasteiger charge is 2.12. The Kier molecular flexibility index (Phi) is 7.59. The van der Waals surface area contributed by atoms with Gasteiger partial charge in [-0.05, 0) is 49.7 Å². The Labute approximate surface area is 194 Å². The van der Waals surface area contributed by atoms with Gasteiger partial charge in [0, 0.05) is 18.5 Å². The van der Waals surface area contributed by atoms with E-state index in [1.807, 2.05) is 79.7 Å². The van der Waals surface area contributed by atoms with Gasteiger partial charge in [0.1, 0.15) is 12.4 Å². The summed E-state index contributed by atoms with van der Waals surface area (Å²) in [5.41, 5.74) is 2.73. The topological polar surface area (TPSA) is 65.4 Å². The van der Waals surface area contributed by atoms with Gasteiger partial charge in [0.05, 0.1) is 24.2 Å². The number of fused-ring (bicyclic) bond motifs is 1. The molecule has 0 aliphatic heterocycles. The lowest BCUT2D eigenvalue weighted by Crippen LogP contribution is -2.25. The molecule has 1 N–H and O–H groups in total. The third-order valence-corrected chi connectivity index (χ3v) is 5.35. The van der Waals surface area contributed by atoms with Crippen LogP contribution in [0.4, 0.5) is 0 Å². The minimum absolute atomic E-state index is 0.0505. The van der Waals surface area contributed by atoms with Crippen LogP contribution < -0.4 is 14.8 Å². The first kappa shape index (κ1) is 22.4. The number of ether oxygens (including phenoxy) is 2. The van der Waals surface area contributed by atoms with E-state index in [0.29, 0.717) is 31.9 Å². The molecule has 0 unspecified atom stereocenters. The molecular formula is C27H29N3O3. The molecule has 1 aromatic heterocycles. The maximum Gasteiger partial charge on any atom is 0.251 e. The number of para-hydroxylation sites is 4. The lowest BCUT2D eigenvalue weighted by Gasteiger charge is -2.13. The molecule has 1 heterocycles. The van der Waals surface area contributed by atoms with Crippen LogP contribution in [0.5, 0.6) is 11.5 Å². The van der Waals surface area contributed by atoms with Crippen LogP contribution in [0, 0.1) is 0 Å². The predicted octanol–water partition coefficient (Wildman–Crippen LogP) is 4.88. The van der Waals surface area contributed by atoms with Crippen molar-refractivity contribution in [2.24, 2.45) is 0 Å². The molecule has 4 aromatic rings. The maximum absolute atomic E-state index is 12.3. The number of carbonyl (C=O) groups excluding carboxylic acids is 1. The van der Waals surface area contributed by atoms with Crippen LogP contribution in [0.2, 0.25) is 0 Å². The maximum atomic E-state index is 12.3. The van der Waals surface area contributed by atoms with Crippen LogP contribution in [0.15, 0.2) is 78.9 Å². The Morgan fingerprint density at radius 1 is 0.909 bits per heavy atom. The second kappa shape index (κ2) is 11.2. The summed E-state index contributed by atoms with van der Waals surface area (Å²) in [5, 5.41) is 2.99. The van der Waals surface area contributed by atoms with Crippen molar-refractivity contribution >= 4 is 16.9 Å². The molecule has 0 saturated carbocycles. The standard InChI is InChI=1S/C27H29N3O3/c1-2-32-24-15-8-9-16-25(24)33-20-19-30-23-14-7-6-13-22(23)29-26(30)17-10-18-28-27(31)21-11-4-3-5-12-21/h3-9,11-16H,2,10,17-20H2,1H3,(H,28,31). The molecule has 0 aliphatic rings. The van der Waals surface area contributed by atoms with E-state index in [9.17, 15) is 4.79 Å². The summed E-state index contributed by atoms with van der Waals surface area (Å²) < 4.78 is 13.9. The molecule has 0 spiro atoms. The molecule has 0 saturated heterocycles. The van der Waals surface area contributed by atoms with E-state index >= 15 is 0 Å². The Bertz CT molecular complexity index is 1190. The highest BCUT2D eigenvalue weighted by atomic mass is 16.5. The van der Waals surface area contributed by atoms with E-state index in [4.69, 9.17) is 14.5 Å². The van der Waals surface area contributed by atoms with Gasteiger partial charge in [0.15, 0.2) is 11.5 Å². The lowest BCUT2D eigenvalue weighted by atomic mass is 10.2. The van der Waals surface area contributed by atoms with E-state index in [1.165, 1.54) is 0 Å². The van der Waals surface area contributed by atoms with Gasteiger partial charge in [-0.3, -0.25) is 4.79 Å². The number of amides is 1. The smallest absolute Gasteiger partial charge is 0.251 e. The molecule has 6 nitrogen and oxygen atoms in total. The number of imidazole rings is 1. The van der Waals surface area contributed by atoms with E-state index in [-0.39, 0.29) is 5.91 Å². The van der Waals surface area contributed by atoms with E-state index < -0.39 is 0 Å². The van der Waals surface area contributed by atoms with Gasteiger partial charge in [0.2, 0.25) is 0 Å². The average molecular weight is 444 g/mol. The molecule has 1 amide bonds. The summed E-state index contributed by atoms with van der Waals surface area (Å²) in [6.07, 6.45) is 1.56. The largest absolute Gasteiger partial charge is 0.490 e. The second-order valence-electron chi connectivity index (χ2n) is 7.62. The number of aromatic nitrogens is 2. The van der Waals surface area contributed by atoms with Crippen molar-refractivity contribution in [2.75, 3.05) is 19.8 Å². The van der Waals surface area contributed by atoms with Gasteiger partial charge >= 0.3 is 0 Å². The molecule has 0 atom stereocenters. The normalized spacial score (nSPS) is 10.8. The number of benzene rings is 3. The zero-order chi connectivity index (χ0) is 22.9. The predicted molar refractivity (Wildman–Crippen MR) is 130 cm³/mol. The number of hydrogen-bond donors (Lipinski definition) is 1. The summed E-state index contributed by atoms with van der Waals surface area (Å²) in [4.78, 5) is 17.1. The summed E-state index contributed by atoms with van der Waals surface area (Å²) >= 11 is 0. The van der Waals surface area contributed by atoms with Crippen molar-refractivity contribution in [1.29, 1.82) is 0 Å². The SMILES string of the molecule is CCOc1ccccc1OCCn1c(CCCNC(=O)c2ccccc2)nc2ccccc21. The molecule has 0 bridgehead atoms. The fourth-order valence-electron chi connectivity index (χ4n) is 3.80. The van der Waals surface area contributed by atoms with Crippen LogP contribution >= 0.6 is 0 Å². The van der Waals surface area contributed by atoms with Crippen LogP contribution in [-0.2, 0) is 13.0 Å². The summed E-state index contributed by atoms with van der Waals surface area (Å²) in [7, 11) is 0. The van der Waals surface area contributed by atoms with Gasteiger partial charge in [-0.25, -0.2) is 4.98 Å². The van der Waals surface area contributed by atoms with Gasteiger partial charge in [-0.1, -0.05) is 42.5 Å². The van der Waals surface area contributed by atoms with Crippen LogP contribution in [0.3, 0.4) is 0 Å². The van der Waals surface area contributed by atoms with Gasteiger partial charge < -0.3 is 19.4 Å². The van der Waals surface area contributed by atoms with Crippen LogP contribution in [0.1, 0.15) is 29.5 Å². The molecule has 33 heavy (non-hydrogen) atoms. The van der Waals surface area contributed by atoms with Crippen molar-refractivity contribution in [3.8, 4) is 11.5 Å². The Morgan fingerprint density at radius 2 is 1.61 bits per heavy atom. The van der Waals surface area contributed by atoms with Gasteiger partial charge in [0.25, 0.3) is 5.91 Å². The second-order valence-corrected chi connectivity index (χ2v) is 7.62. The van der Waals surface area contributed by atoms with Crippen molar-refractivity contribution in [3.63, 3.8) is 0 Å². The van der Waals surface area contributed by atoms with Crippen molar-refractivity contribution in [1.82, 2.24) is 14.9 Å². The first-order chi connectivity index (χ1) is 16.3. The number of nitrogens with zero attached hydrogens (tertiary/aromatic N) is 2. The number of aryl methyl sites for hydroxylation is 1. The third kappa shape index (κ3) is 5.71. The van der Waals surface area contributed by atoms with E-state index in [2.05, 4.69) is 16.0 Å². The molecule has 3 aromatic carbocycles. The number of carbonyl (C=O) groups is 1. The molecule has 0 radical (unpaired) electrons. The number of hydrogen-bond acceptors (Lipinski definition) is 4. The Hall–Kier alpha value is -3.80. The van der Waals surface area contributed by atoms with Crippen molar-refractivity contribution in [3.05, 3.63) is 90.3 Å². The Morgan fingerprint density at radius 3 is 2.39 bits per heavy atom. The highest BCUT2D eigenvalue weighted by Crippen LogP contribution is 2.26. The molecular weight excluding hydrogens is 414 g/mol. The van der Waals surface area contributed by atoms with Crippen LogP contribution in [-0.4, -0.2) is 35.2 Å². The molecule has 4 rings (SSSR count). The minimum Gasteiger partial charge on any atom is -0.490 e. The van der Waals surface area contributed by atoms with Gasteiger partial charge in [-0.15, -0.1) is 0 Å². The number of nitrogens with one attached hydrogen (secondary N) is 1. The van der Waals surface area contributed by atoms with Gasteiger partial charge in [-0.2, -0.15) is 0 Å².